The summed E-state index contributed by atoms with van der Waals surface area (Å²) in [5.74, 6) is -0.354. The van der Waals surface area contributed by atoms with Gasteiger partial charge in [0.1, 0.15) is 0 Å². The van der Waals surface area contributed by atoms with Crippen LogP contribution in [0.1, 0.15) is 72.1 Å². The number of hydrogen-bond donors (Lipinski definition) is 0. The summed E-state index contributed by atoms with van der Waals surface area (Å²) in [4.78, 5) is 11.3. The minimum atomic E-state index is -0.897. The van der Waals surface area contributed by atoms with Gasteiger partial charge in [-0.2, -0.15) is 0 Å². The van der Waals surface area contributed by atoms with Crippen LogP contribution in [0.5, 0.6) is 0 Å². The van der Waals surface area contributed by atoms with Crippen LogP contribution in [0.15, 0.2) is 12.3 Å². The molecule has 3 heteroatoms. The number of carbonyl (C=O) groups is 1. The molecule has 0 aromatic heterocycles. The second-order valence-corrected chi connectivity index (χ2v) is 5.40. The van der Waals surface area contributed by atoms with E-state index in [0.717, 1.165) is 6.42 Å². The summed E-state index contributed by atoms with van der Waals surface area (Å²) in [6, 6.07) is 0. The second kappa shape index (κ2) is 10.9. The average molecular weight is 270 g/mol. The van der Waals surface area contributed by atoms with Crippen molar-refractivity contribution >= 4 is 5.97 Å². The highest BCUT2D eigenvalue weighted by Gasteiger charge is 2.29. The van der Waals surface area contributed by atoms with Crippen molar-refractivity contribution in [1.82, 2.24) is 0 Å². The maximum absolute atomic E-state index is 11.3. The molecule has 0 aliphatic carbocycles. The molecule has 0 saturated carbocycles. The monoisotopic (exact) mass is 270 g/mol. The Labute approximate surface area is 118 Å². The lowest BCUT2D eigenvalue weighted by molar-refractivity contribution is -0.159. The lowest BCUT2D eigenvalue weighted by Crippen LogP contribution is -2.34. The summed E-state index contributed by atoms with van der Waals surface area (Å²) in [5.41, 5.74) is -0.897. The van der Waals surface area contributed by atoms with Crippen LogP contribution < -0.4 is 0 Å². The van der Waals surface area contributed by atoms with E-state index in [2.05, 4.69) is 11.7 Å². The van der Waals surface area contributed by atoms with Crippen LogP contribution in [-0.4, -0.2) is 18.7 Å². The molecule has 0 unspecified atom stereocenters. The van der Waals surface area contributed by atoms with Crippen molar-refractivity contribution in [3.05, 3.63) is 12.3 Å². The molecule has 0 aromatic rings. The molecule has 0 rings (SSSR count). The quantitative estimate of drug-likeness (QED) is 0.312. The normalized spacial score (nSPS) is 11.8. The lowest BCUT2D eigenvalue weighted by Gasteiger charge is -2.20. The maximum atomic E-state index is 11.3. The number of allylic oxidation sites excluding steroid dienone is 1. The SMILES string of the molecule is CCCCCCCCCC=COC(C)(C)C(=O)OC. The van der Waals surface area contributed by atoms with E-state index in [-0.39, 0.29) is 5.97 Å². The minimum absolute atomic E-state index is 0.354. The molecular weight excluding hydrogens is 240 g/mol. The fraction of sp³-hybridized carbons (Fsp3) is 0.812. The molecule has 0 aliphatic heterocycles. The first kappa shape index (κ1) is 18.0. The lowest BCUT2D eigenvalue weighted by atomic mass is 10.1. The molecule has 0 aliphatic rings. The third-order valence-corrected chi connectivity index (χ3v) is 3.11. The van der Waals surface area contributed by atoms with Gasteiger partial charge in [-0.05, 0) is 32.8 Å². The van der Waals surface area contributed by atoms with Crippen LogP contribution in [0, 0.1) is 0 Å². The van der Waals surface area contributed by atoms with Crippen molar-refractivity contribution < 1.29 is 14.3 Å². The number of esters is 1. The second-order valence-electron chi connectivity index (χ2n) is 5.40. The van der Waals surface area contributed by atoms with Gasteiger partial charge < -0.3 is 9.47 Å². The third-order valence-electron chi connectivity index (χ3n) is 3.11. The van der Waals surface area contributed by atoms with E-state index in [4.69, 9.17) is 4.74 Å². The Morgan fingerprint density at radius 2 is 1.63 bits per heavy atom. The Hall–Kier alpha value is -0.990. The van der Waals surface area contributed by atoms with Gasteiger partial charge in [-0.1, -0.05) is 45.4 Å². The zero-order valence-corrected chi connectivity index (χ0v) is 13.0. The standard InChI is InChI=1S/C16H30O3/c1-5-6-7-8-9-10-11-12-13-14-19-16(2,3)15(17)18-4/h13-14H,5-12H2,1-4H3. The van der Waals surface area contributed by atoms with Gasteiger partial charge in [-0.3, -0.25) is 0 Å². The summed E-state index contributed by atoms with van der Waals surface area (Å²) in [6.45, 7) is 5.65. The van der Waals surface area contributed by atoms with E-state index >= 15 is 0 Å². The molecule has 0 bridgehead atoms. The molecule has 0 aromatic carbocycles. The molecule has 0 N–H and O–H groups in total. The van der Waals surface area contributed by atoms with E-state index in [1.54, 1.807) is 20.1 Å². The van der Waals surface area contributed by atoms with Crippen LogP contribution in [0.4, 0.5) is 0 Å². The first-order chi connectivity index (χ1) is 9.04. The van der Waals surface area contributed by atoms with Crippen LogP contribution >= 0.6 is 0 Å². The molecule has 0 saturated heterocycles. The third kappa shape index (κ3) is 9.57. The van der Waals surface area contributed by atoms with Gasteiger partial charge in [0, 0.05) is 0 Å². The van der Waals surface area contributed by atoms with Crippen molar-refractivity contribution in [3.8, 4) is 0 Å². The fourth-order valence-corrected chi connectivity index (χ4v) is 1.80. The number of rotatable bonds is 11. The zero-order valence-electron chi connectivity index (χ0n) is 13.0. The summed E-state index contributed by atoms with van der Waals surface area (Å²) in [6.07, 6.45) is 13.8. The van der Waals surface area contributed by atoms with Crippen LogP contribution in [0.3, 0.4) is 0 Å². The number of ether oxygens (including phenoxy) is 2. The summed E-state index contributed by atoms with van der Waals surface area (Å²) < 4.78 is 10.0. The molecule has 0 radical (unpaired) electrons. The number of methoxy groups -OCH3 is 1. The number of unbranched alkanes of at least 4 members (excludes halogenated alkanes) is 7. The first-order valence-electron chi connectivity index (χ1n) is 7.46. The summed E-state index contributed by atoms with van der Waals surface area (Å²) in [7, 11) is 1.37. The van der Waals surface area contributed by atoms with E-state index in [9.17, 15) is 4.79 Å². The highest BCUT2D eigenvalue weighted by atomic mass is 16.6. The van der Waals surface area contributed by atoms with E-state index < -0.39 is 5.60 Å². The molecule has 19 heavy (non-hydrogen) atoms. The molecular formula is C16H30O3. The van der Waals surface area contributed by atoms with Crippen molar-refractivity contribution in [2.45, 2.75) is 77.7 Å². The Morgan fingerprint density at radius 1 is 1.05 bits per heavy atom. The molecule has 112 valence electrons. The molecule has 0 amide bonds. The highest BCUT2D eigenvalue weighted by molar-refractivity contribution is 5.78. The predicted octanol–water partition coefficient (Wildman–Crippen LogP) is 4.61. The van der Waals surface area contributed by atoms with Gasteiger partial charge in [0.25, 0.3) is 0 Å². The molecule has 0 spiro atoms. The van der Waals surface area contributed by atoms with E-state index in [1.165, 1.54) is 52.1 Å². The van der Waals surface area contributed by atoms with E-state index in [1.807, 2.05) is 6.08 Å². The smallest absolute Gasteiger partial charge is 0.349 e. The van der Waals surface area contributed by atoms with Crippen LogP contribution in [0.2, 0.25) is 0 Å². The van der Waals surface area contributed by atoms with Gasteiger partial charge >= 0.3 is 5.97 Å². The fourth-order valence-electron chi connectivity index (χ4n) is 1.80. The van der Waals surface area contributed by atoms with Gasteiger partial charge in [0.2, 0.25) is 0 Å². The van der Waals surface area contributed by atoms with Crippen LogP contribution in [0.25, 0.3) is 0 Å². The largest absolute Gasteiger partial charge is 0.484 e. The summed E-state index contributed by atoms with van der Waals surface area (Å²) >= 11 is 0. The Kier molecular flexibility index (Phi) is 10.3. The Balaban J connectivity index is 3.51. The predicted molar refractivity (Wildman–Crippen MR) is 78.9 cm³/mol. The summed E-state index contributed by atoms with van der Waals surface area (Å²) in [5, 5.41) is 0. The number of hydrogen-bond acceptors (Lipinski definition) is 3. The topological polar surface area (TPSA) is 35.5 Å². The maximum Gasteiger partial charge on any atom is 0.349 e. The van der Waals surface area contributed by atoms with Gasteiger partial charge in [0.15, 0.2) is 5.60 Å². The van der Waals surface area contributed by atoms with Crippen LogP contribution in [-0.2, 0) is 14.3 Å². The van der Waals surface area contributed by atoms with E-state index in [0.29, 0.717) is 0 Å². The van der Waals surface area contributed by atoms with Crippen molar-refractivity contribution in [3.63, 3.8) is 0 Å². The Morgan fingerprint density at radius 3 is 2.21 bits per heavy atom. The Bertz CT molecular complexity index is 257. The zero-order chi connectivity index (χ0) is 14.6. The molecule has 0 heterocycles. The first-order valence-corrected chi connectivity index (χ1v) is 7.46. The molecule has 3 nitrogen and oxygen atoms in total. The van der Waals surface area contributed by atoms with Gasteiger partial charge in [0.05, 0.1) is 13.4 Å². The van der Waals surface area contributed by atoms with Crippen molar-refractivity contribution in [1.29, 1.82) is 0 Å². The average Bonchev–Trinajstić information content (AvgIpc) is 2.39. The molecule has 0 atom stereocenters. The van der Waals surface area contributed by atoms with Crippen molar-refractivity contribution in [2.24, 2.45) is 0 Å². The van der Waals surface area contributed by atoms with Gasteiger partial charge in [-0.25, -0.2) is 4.79 Å². The molecule has 0 fully saturated rings. The highest BCUT2D eigenvalue weighted by Crippen LogP contribution is 2.12. The number of carbonyl (C=O) groups excluding carboxylic acids is 1. The van der Waals surface area contributed by atoms with Crippen molar-refractivity contribution in [2.75, 3.05) is 7.11 Å². The van der Waals surface area contributed by atoms with Gasteiger partial charge in [-0.15, -0.1) is 0 Å². The minimum Gasteiger partial charge on any atom is -0.484 e.